The monoisotopic (exact) mass is 130 g/mol. The van der Waals surface area contributed by atoms with Crippen molar-refractivity contribution in [3.05, 3.63) is 10.9 Å². The van der Waals surface area contributed by atoms with E-state index in [1.807, 2.05) is 0 Å². The average molecular weight is 130 g/mol. The standard InChI is InChI=1S/C7H15P/c1-5(2)7(8)6(3)4/h5H,8H2,1-4H3. The van der Waals surface area contributed by atoms with Gasteiger partial charge in [0.1, 0.15) is 0 Å². The van der Waals surface area contributed by atoms with Crippen molar-refractivity contribution in [2.24, 2.45) is 5.92 Å². The summed E-state index contributed by atoms with van der Waals surface area (Å²) in [4.78, 5) is 0. The Kier molecular flexibility index (Phi) is 3.31. The highest BCUT2D eigenvalue weighted by Gasteiger charge is 1.95. The van der Waals surface area contributed by atoms with Gasteiger partial charge in [-0.2, -0.15) is 0 Å². The fourth-order valence-corrected chi connectivity index (χ4v) is 0.577. The summed E-state index contributed by atoms with van der Waals surface area (Å²) in [6.45, 7) is 8.69. The first-order valence-corrected chi connectivity index (χ1v) is 3.56. The van der Waals surface area contributed by atoms with E-state index in [0.29, 0.717) is 5.92 Å². The third-order valence-corrected chi connectivity index (χ3v) is 2.44. The first-order chi connectivity index (χ1) is 3.55. The van der Waals surface area contributed by atoms with Gasteiger partial charge in [0, 0.05) is 0 Å². The van der Waals surface area contributed by atoms with E-state index in [1.54, 1.807) is 0 Å². The molecule has 0 saturated heterocycles. The molecule has 1 atom stereocenters. The third-order valence-electron chi connectivity index (χ3n) is 1.20. The van der Waals surface area contributed by atoms with E-state index in [1.165, 1.54) is 10.9 Å². The van der Waals surface area contributed by atoms with Gasteiger partial charge in [0.2, 0.25) is 0 Å². The predicted molar refractivity (Wildman–Crippen MR) is 42.9 cm³/mol. The first kappa shape index (κ1) is 8.17. The largest absolute Gasteiger partial charge is 0.110 e. The molecule has 48 valence electrons. The van der Waals surface area contributed by atoms with Gasteiger partial charge in [-0.05, 0) is 19.8 Å². The second-order valence-corrected chi connectivity index (χ2v) is 3.23. The number of allylic oxidation sites excluding steroid dienone is 2. The van der Waals surface area contributed by atoms with E-state index < -0.39 is 0 Å². The molecule has 0 aliphatic rings. The Morgan fingerprint density at radius 2 is 1.62 bits per heavy atom. The minimum atomic E-state index is 0.685. The van der Waals surface area contributed by atoms with Crippen LogP contribution in [0.25, 0.3) is 0 Å². The van der Waals surface area contributed by atoms with Crippen molar-refractivity contribution in [2.45, 2.75) is 27.7 Å². The van der Waals surface area contributed by atoms with E-state index in [0.717, 1.165) is 0 Å². The Labute approximate surface area is 54.6 Å². The summed E-state index contributed by atoms with van der Waals surface area (Å²) in [6.07, 6.45) is 0. The van der Waals surface area contributed by atoms with Crippen LogP contribution in [0.5, 0.6) is 0 Å². The Bertz CT molecular complexity index is 97.0. The smallest absolute Gasteiger partial charge is 0.0220 e. The average Bonchev–Trinajstić information content (AvgIpc) is 1.64. The highest BCUT2D eigenvalue weighted by molar-refractivity contribution is 7.22. The molecule has 1 unspecified atom stereocenters. The van der Waals surface area contributed by atoms with Crippen LogP contribution < -0.4 is 0 Å². The molecule has 0 aliphatic carbocycles. The Hall–Kier alpha value is 0.170. The lowest BCUT2D eigenvalue weighted by Crippen LogP contribution is -1.86. The Balaban J connectivity index is 4.00. The molecule has 8 heavy (non-hydrogen) atoms. The maximum atomic E-state index is 2.77. The molecule has 0 N–H and O–H groups in total. The van der Waals surface area contributed by atoms with Gasteiger partial charge in [0.15, 0.2) is 0 Å². The molecule has 0 bridgehead atoms. The van der Waals surface area contributed by atoms with Gasteiger partial charge in [0.05, 0.1) is 0 Å². The van der Waals surface area contributed by atoms with Gasteiger partial charge >= 0.3 is 0 Å². The summed E-state index contributed by atoms with van der Waals surface area (Å²) in [5.41, 5.74) is 1.42. The molecular weight excluding hydrogens is 115 g/mol. The summed E-state index contributed by atoms with van der Waals surface area (Å²) >= 11 is 0. The summed E-state index contributed by atoms with van der Waals surface area (Å²) in [5.74, 6) is 0.685. The molecule has 0 aromatic carbocycles. The lowest BCUT2D eigenvalue weighted by molar-refractivity contribution is 0.806. The van der Waals surface area contributed by atoms with Crippen LogP contribution in [0, 0.1) is 5.92 Å². The summed E-state index contributed by atoms with van der Waals surface area (Å²) in [6, 6.07) is 0. The maximum absolute atomic E-state index is 2.77. The van der Waals surface area contributed by atoms with E-state index in [4.69, 9.17) is 0 Å². The van der Waals surface area contributed by atoms with E-state index >= 15 is 0 Å². The molecule has 0 aromatic rings. The van der Waals surface area contributed by atoms with Crippen molar-refractivity contribution < 1.29 is 0 Å². The SMILES string of the molecule is CC(C)=C(P)C(C)C. The van der Waals surface area contributed by atoms with Gasteiger partial charge < -0.3 is 0 Å². The van der Waals surface area contributed by atoms with Crippen LogP contribution in [0.2, 0.25) is 0 Å². The lowest BCUT2D eigenvalue weighted by atomic mass is 10.1. The van der Waals surface area contributed by atoms with Crippen molar-refractivity contribution in [2.75, 3.05) is 0 Å². The van der Waals surface area contributed by atoms with Crippen LogP contribution in [0.4, 0.5) is 0 Å². The second-order valence-electron chi connectivity index (χ2n) is 2.61. The quantitative estimate of drug-likeness (QED) is 0.479. The molecule has 0 rings (SSSR count). The number of rotatable bonds is 1. The molecule has 0 fully saturated rings. The predicted octanol–water partition coefficient (Wildman–Crippen LogP) is 2.81. The van der Waals surface area contributed by atoms with Crippen molar-refractivity contribution in [3.63, 3.8) is 0 Å². The van der Waals surface area contributed by atoms with Crippen LogP contribution in [0.15, 0.2) is 10.9 Å². The summed E-state index contributed by atoms with van der Waals surface area (Å²) in [5, 5.41) is 1.44. The Morgan fingerprint density at radius 1 is 1.25 bits per heavy atom. The molecule has 0 spiro atoms. The minimum absolute atomic E-state index is 0.685. The van der Waals surface area contributed by atoms with Crippen LogP contribution in [-0.2, 0) is 0 Å². The van der Waals surface area contributed by atoms with Crippen LogP contribution >= 0.6 is 9.24 Å². The molecule has 1 heteroatoms. The molecule has 0 heterocycles. The molecule has 0 saturated carbocycles. The van der Waals surface area contributed by atoms with Crippen LogP contribution in [0.1, 0.15) is 27.7 Å². The zero-order valence-electron chi connectivity index (χ0n) is 6.15. The molecule has 0 aliphatic heterocycles. The van der Waals surface area contributed by atoms with Gasteiger partial charge in [0.25, 0.3) is 0 Å². The molecule has 0 aromatic heterocycles. The minimum Gasteiger partial charge on any atom is -0.110 e. The topological polar surface area (TPSA) is 0 Å². The van der Waals surface area contributed by atoms with Crippen molar-refractivity contribution >= 4 is 9.24 Å². The van der Waals surface area contributed by atoms with Gasteiger partial charge in [-0.25, -0.2) is 0 Å². The van der Waals surface area contributed by atoms with Crippen molar-refractivity contribution in [3.8, 4) is 0 Å². The van der Waals surface area contributed by atoms with Crippen LogP contribution in [0.3, 0.4) is 0 Å². The normalized spacial score (nSPS) is 9.75. The maximum Gasteiger partial charge on any atom is -0.0220 e. The molecule has 0 amide bonds. The van der Waals surface area contributed by atoms with Gasteiger partial charge in [-0.1, -0.05) is 24.7 Å². The van der Waals surface area contributed by atoms with E-state index in [9.17, 15) is 0 Å². The molecule has 0 radical (unpaired) electrons. The zero-order chi connectivity index (χ0) is 6.73. The highest BCUT2D eigenvalue weighted by Crippen LogP contribution is 2.20. The van der Waals surface area contributed by atoms with Crippen molar-refractivity contribution in [1.29, 1.82) is 0 Å². The lowest BCUT2D eigenvalue weighted by Gasteiger charge is -2.05. The van der Waals surface area contributed by atoms with E-state index in [-0.39, 0.29) is 0 Å². The summed E-state index contributed by atoms with van der Waals surface area (Å²) < 4.78 is 0. The van der Waals surface area contributed by atoms with Crippen molar-refractivity contribution in [1.82, 2.24) is 0 Å². The fraction of sp³-hybridized carbons (Fsp3) is 0.714. The van der Waals surface area contributed by atoms with E-state index in [2.05, 4.69) is 36.9 Å². The van der Waals surface area contributed by atoms with Crippen LogP contribution in [-0.4, -0.2) is 0 Å². The number of hydrogen-bond acceptors (Lipinski definition) is 0. The molecule has 0 nitrogen and oxygen atoms in total. The molecular formula is C7H15P. The van der Waals surface area contributed by atoms with Gasteiger partial charge in [-0.3, -0.25) is 0 Å². The first-order valence-electron chi connectivity index (χ1n) is 2.98. The number of hydrogen-bond donors (Lipinski definition) is 0. The third kappa shape index (κ3) is 2.47. The Morgan fingerprint density at radius 3 is 1.62 bits per heavy atom. The zero-order valence-corrected chi connectivity index (χ0v) is 7.31. The van der Waals surface area contributed by atoms with Gasteiger partial charge in [-0.15, -0.1) is 9.24 Å². The summed E-state index contributed by atoms with van der Waals surface area (Å²) in [7, 11) is 2.77. The highest BCUT2D eigenvalue weighted by atomic mass is 31.0. The fourth-order valence-electron chi connectivity index (χ4n) is 0.577. The second kappa shape index (κ2) is 3.25.